The maximum Gasteiger partial charge on any atom is 0.300 e. The van der Waals surface area contributed by atoms with Gasteiger partial charge in [-0.2, -0.15) is 0 Å². The lowest BCUT2D eigenvalue weighted by molar-refractivity contribution is -0.132. The molecule has 34 heavy (non-hydrogen) atoms. The van der Waals surface area contributed by atoms with Crippen LogP contribution in [-0.2, 0) is 9.59 Å². The molecule has 1 unspecified atom stereocenters. The molecule has 1 amide bonds. The summed E-state index contributed by atoms with van der Waals surface area (Å²) in [4.78, 5) is 28.0. The van der Waals surface area contributed by atoms with Crippen molar-refractivity contribution in [1.29, 1.82) is 0 Å². The number of rotatable bonds is 3. The van der Waals surface area contributed by atoms with E-state index in [1.807, 2.05) is 37.3 Å². The summed E-state index contributed by atoms with van der Waals surface area (Å²) in [5.74, 6) is -1.73. The molecule has 0 aliphatic carbocycles. The van der Waals surface area contributed by atoms with Crippen molar-refractivity contribution in [2.75, 3.05) is 4.90 Å². The minimum Gasteiger partial charge on any atom is -0.507 e. The Hall–Kier alpha value is -3.60. The minimum atomic E-state index is -0.845. The average molecular weight is 488 g/mol. The Balaban J connectivity index is 1.73. The van der Waals surface area contributed by atoms with Gasteiger partial charge in [0.2, 0.25) is 0 Å². The quantitative estimate of drug-likeness (QED) is 0.190. The summed E-state index contributed by atoms with van der Waals surface area (Å²) in [5.41, 5.74) is 2.43. The minimum absolute atomic E-state index is 0.0132. The van der Waals surface area contributed by atoms with E-state index in [1.165, 1.54) is 4.90 Å². The summed E-state index contributed by atoms with van der Waals surface area (Å²) in [7, 11) is 0. The Kier molecular flexibility index (Phi) is 5.64. The second-order valence-electron chi connectivity index (χ2n) is 8.22. The molecular formula is C28H19Cl2NO3. The molecule has 1 atom stereocenters. The zero-order chi connectivity index (χ0) is 24.0. The molecule has 0 spiro atoms. The number of amides is 1. The van der Waals surface area contributed by atoms with Gasteiger partial charge in [-0.1, -0.05) is 77.8 Å². The van der Waals surface area contributed by atoms with Gasteiger partial charge in [0.25, 0.3) is 11.7 Å². The topological polar surface area (TPSA) is 57.6 Å². The molecule has 0 bridgehead atoms. The van der Waals surface area contributed by atoms with Crippen LogP contribution in [0.15, 0.2) is 90.5 Å². The van der Waals surface area contributed by atoms with Crippen LogP contribution in [0.25, 0.3) is 16.5 Å². The van der Waals surface area contributed by atoms with Gasteiger partial charge in [0.05, 0.1) is 11.6 Å². The molecule has 1 saturated heterocycles. The van der Waals surface area contributed by atoms with Crippen LogP contribution in [-0.4, -0.2) is 16.8 Å². The van der Waals surface area contributed by atoms with E-state index >= 15 is 0 Å². The van der Waals surface area contributed by atoms with Gasteiger partial charge in [0.1, 0.15) is 5.76 Å². The number of halogens is 2. The number of carbonyl (C=O) groups is 2. The molecule has 1 N–H and O–H groups in total. The molecule has 0 saturated carbocycles. The smallest absolute Gasteiger partial charge is 0.300 e. The Morgan fingerprint density at radius 1 is 0.853 bits per heavy atom. The Morgan fingerprint density at radius 3 is 2.26 bits per heavy atom. The zero-order valence-corrected chi connectivity index (χ0v) is 19.6. The fourth-order valence-electron chi connectivity index (χ4n) is 4.28. The molecule has 0 radical (unpaired) electrons. The maximum absolute atomic E-state index is 13.3. The zero-order valence-electron chi connectivity index (χ0n) is 18.1. The number of carbonyl (C=O) groups excluding carboxylic acids is 2. The van der Waals surface area contributed by atoms with Gasteiger partial charge in [-0.25, -0.2) is 0 Å². The number of aliphatic hydroxyl groups excluding tert-OH is 1. The number of aryl methyl sites for hydroxylation is 1. The number of ketones is 1. The number of benzene rings is 4. The largest absolute Gasteiger partial charge is 0.507 e. The van der Waals surface area contributed by atoms with Crippen molar-refractivity contribution in [3.8, 4) is 0 Å². The van der Waals surface area contributed by atoms with Gasteiger partial charge in [0.15, 0.2) is 0 Å². The number of aliphatic hydroxyl groups is 1. The van der Waals surface area contributed by atoms with Crippen LogP contribution in [0.3, 0.4) is 0 Å². The molecule has 4 nitrogen and oxygen atoms in total. The summed E-state index contributed by atoms with van der Waals surface area (Å²) < 4.78 is 0. The predicted octanol–water partition coefficient (Wildman–Crippen LogP) is 7.08. The number of hydrogen-bond acceptors (Lipinski definition) is 3. The highest BCUT2D eigenvalue weighted by molar-refractivity contribution is 6.52. The van der Waals surface area contributed by atoms with E-state index in [2.05, 4.69) is 0 Å². The third kappa shape index (κ3) is 3.75. The Bertz CT molecular complexity index is 1490. The lowest BCUT2D eigenvalue weighted by Crippen LogP contribution is -2.29. The first-order valence-electron chi connectivity index (χ1n) is 10.7. The Labute approximate surface area is 206 Å². The number of anilines is 1. The molecule has 1 aliphatic heterocycles. The molecule has 4 aromatic carbocycles. The van der Waals surface area contributed by atoms with Gasteiger partial charge in [-0.05, 0) is 59.2 Å². The SMILES string of the molecule is Cc1ccc(N2C(=O)C(=O)/C(=C(\O)c3ccc4ccccc4c3)C2c2ccc(Cl)cc2)cc1Cl. The molecule has 6 heteroatoms. The molecule has 4 aromatic rings. The van der Waals surface area contributed by atoms with Gasteiger partial charge in [-0.3, -0.25) is 14.5 Å². The van der Waals surface area contributed by atoms with E-state index in [0.29, 0.717) is 26.9 Å². The van der Waals surface area contributed by atoms with Crippen LogP contribution in [0.4, 0.5) is 5.69 Å². The number of hydrogen-bond donors (Lipinski definition) is 1. The van der Waals surface area contributed by atoms with Crippen molar-refractivity contribution >= 4 is 57.1 Å². The fraction of sp³-hybridized carbons (Fsp3) is 0.0714. The van der Waals surface area contributed by atoms with Crippen LogP contribution in [0.2, 0.25) is 10.0 Å². The highest BCUT2D eigenvalue weighted by Crippen LogP contribution is 2.43. The lowest BCUT2D eigenvalue weighted by atomic mass is 9.94. The third-order valence-electron chi connectivity index (χ3n) is 6.09. The number of Topliss-reactive ketones (excluding diaryl/α,β-unsaturated/α-hetero) is 1. The van der Waals surface area contributed by atoms with Gasteiger partial charge >= 0.3 is 0 Å². The summed E-state index contributed by atoms with van der Waals surface area (Å²) in [6.07, 6.45) is 0. The van der Waals surface area contributed by atoms with Crippen LogP contribution >= 0.6 is 23.2 Å². The van der Waals surface area contributed by atoms with Crippen molar-refractivity contribution in [2.45, 2.75) is 13.0 Å². The predicted molar refractivity (Wildman–Crippen MR) is 136 cm³/mol. The van der Waals surface area contributed by atoms with Crippen molar-refractivity contribution < 1.29 is 14.7 Å². The van der Waals surface area contributed by atoms with Gasteiger partial charge in [0, 0.05) is 21.3 Å². The van der Waals surface area contributed by atoms with Crippen LogP contribution < -0.4 is 4.90 Å². The average Bonchev–Trinajstić information content (AvgIpc) is 3.11. The first kappa shape index (κ1) is 22.2. The fourth-order valence-corrected chi connectivity index (χ4v) is 4.58. The Morgan fingerprint density at radius 2 is 1.56 bits per heavy atom. The van der Waals surface area contributed by atoms with E-state index in [4.69, 9.17) is 23.2 Å². The molecule has 1 aliphatic rings. The number of nitrogens with zero attached hydrogens (tertiary/aromatic N) is 1. The van der Waals surface area contributed by atoms with Crippen molar-refractivity contribution in [3.63, 3.8) is 0 Å². The molecular weight excluding hydrogens is 469 g/mol. The maximum atomic E-state index is 13.3. The van der Waals surface area contributed by atoms with Crippen molar-refractivity contribution in [2.24, 2.45) is 0 Å². The van der Waals surface area contributed by atoms with E-state index in [9.17, 15) is 14.7 Å². The summed E-state index contributed by atoms with van der Waals surface area (Å²) in [5, 5.41) is 14.3. The molecule has 1 heterocycles. The third-order valence-corrected chi connectivity index (χ3v) is 6.75. The second-order valence-corrected chi connectivity index (χ2v) is 9.06. The van der Waals surface area contributed by atoms with Crippen LogP contribution in [0.5, 0.6) is 0 Å². The summed E-state index contributed by atoms with van der Waals surface area (Å²) in [6, 6.07) is 24.4. The summed E-state index contributed by atoms with van der Waals surface area (Å²) >= 11 is 12.4. The van der Waals surface area contributed by atoms with Crippen LogP contribution in [0, 0.1) is 6.92 Å². The molecule has 5 rings (SSSR count). The lowest BCUT2D eigenvalue weighted by Gasteiger charge is -2.26. The first-order valence-corrected chi connectivity index (χ1v) is 11.4. The first-order chi connectivity index (χ1) is 16.3. The van der Waals surface area contributed by atoms with Gasteiger partial charge < -0.3 is 5.11 Å². The molecule has 168 valence electrons. The van der Waals surface area contributed by atoms with Crippen molar-refractivity contribution in [3.05, 3.63) is 117 Å². The molecule has 1 fully saturated rings. The monoisotopic (exact) mass is 487 g/mol. The standard InChI is InChI=1S/C28H19Cl2NO3/c1-16-6-13-22(15-23(16)30)31-25(18-9-11-21(29)12-10-18)24(27(33)28(31)34)26(32)20-8-7-17-4-2-3-5-19(17)14-20/h2-15,25,32H,1H3/b26-24-. The second kappa shape index (κ2) is 8.64. The molecule has 0 aromatic heterocycles. The van der Waals surface area contributed by atoms with E-state index < -0.39 is 17.7 Å². The van der Waals surface area contributed by atoms with E-state index in [-0.39, 0.29) is 11.3 Å². The number of fused-ring (bicyclic) bond motifs is 1. The van der Waals surface area contributed by atoms with E-state index in [0.717, 1.165) is 16.3 Å². The van der Waals surface area contributed by atoms with Gasteiger partial charge in [-0.15, -0.1) is 0 Å². The van der Waals surface area contributed by atoms with E-state index in [1.54, 1.807) is 54.6 Å². The normalized spacial score (nSPS) is 17.5. The highest BCUT2D eigenvalue weighted by atomic mass is 35.5. The summed E-state index contributed by atoms with van der Waals surface area (Å²) in [6.45, 7) is 1.86. The van der Waals surface area contributed by atoms with Crippen molar-refractivity contribution in [1.82, 2.24) is 0 Å². The van der Waals surface area contributed by atoms with Crippen LogP contribution in [0.1, 0.15) is 22.7 Å². The highest BCUT2D eigenvalue weighted by Gasteiger charge is 2.47.